The lowest BCUT2D eigenvalue weighted by molar-refractivity contribution is -0.200. The summed E-state index contributed by atoms with van der Waals surface area (Å²) in [5.74, 6) is 0.853. The van der Waals surface area contributed by atoms with Crippen LogP contribution in [0.25, 0.3) is 0 Å². The van der Waals surface area contributed by atoms with Crippen LogP contribution in [0, 0.1) is 0 Å². The number of ether oxygens (including phenoxy) is 2. The third kappa shape index (κ3) is 4.37. The van der Waals surface area contributed by atoms with Crippen LogP contribution in [0.3, 0.4) is 0 Å². The number of nitrogens with zero attached hydrogens (tertiary/aromatic N) is 2. The Kier molecular flexibility index (Phi) is 6.07. The van der Waals surface area contributed by atoms with Crippen LogP contribution in [-0.4, -0.2) is 60.5 Å². The van der Waals surface area contributed by atoms with Gasteiger partial charge in [-0.25, -0.2) is 4.79 Å². The zero-order valence-electron chi connectivity index (χ0n) is 16.3. The molecule has 5 nitrogen and oxygen atoms in total. The highest BCUT2D eigenvalue weighted by atomic mass is 19.4. The smallest absolute Gasteiger partial charge is 0.425 e. The summed E-state index contributed by atoms with van der Waals surface area (Å²) in [6, 6.07) is 7.92. The number of alkyl halides is 3. The van der Waals surface area contributed by atoms with Crippen molar-refractivity contribution in [2.45, 2.75) is 57.0 Å². The summed E-state index contributed by atoms with van der Waals surface area (Å²) in [6.07, 6.45) is -3.94. The number of halogens is 3. The highest BCUT2D eigenvalue weighted by Crippen LogP contribution is 2.40. The van der Waals surface area contributed by atoms with Gasteiger partial charge >= 0.3 is 12.3 Å². The van der Waals surface area contributed by atoms with Crippen LogP contribution in [0.2, 0.25) is 0 Å². The van der Waals surface area contributed by atoms with Gasteiger partial charge in [0.1, 0.15) is 5.75 Å². The van der Waals surface area contributed by atoms with Crippen LogP contribution in [-0.2, 0) is 11.3 Å². The molecule has 28 heavy (non-hydrogen) atoms. The number of methoxy groups -OCH3 is 1. The van der Waals surface area contributed by atoms with Crippen molar-refractivity contribution in [1.82, 2.24) is 9.80 Å². The van der Waals surface area contributed by atoms with Gasteiger partial charge in [0.2, 0.25) is 0 Å². The highest BCUT2D eigenvalue weighted by Gasteiger charge is 2.45. The fourth-order valence-electron chi connectivity index (χ4n) is 4.24. The highest BCUT2D eigenvalue weighted by molar-refractivity contribution is 5.68. The maximum absolute atomic E-state index is 12.6. The minimum absolute atomic E-state index is 0.0206. The van der Waals surface area contributed by atoms with Crippen LogP contribution in [0.4, 0.5) is 18.0 Å². The number of piperidine rings is 1. The number of benzene rings is 1. The maximum Gasteiger partial charge on any atom is 0.425 e. The molecule has 2 aliphatic rings. The lowest BCUT2D eigenvalue weighted by Gasteiger charge is -2.45. The Balaban J connectivity index is 1.61. The Hall–Kier alpha value is -1.96. The Morgan fingerprint density at radius 2 is 1.86 bits per heavy atom. The molecule has 2 fully saturated rings. The lowest BCUT2D eigenvalue weighted by Crippen LogP contribution is -2.53. The Morgan fingerprint density at radius 1 is 1.18 bits per heavy atom. The molecule has 156 valence electrons. The predicted octanol–water partition coefficient (Wildman–Crippen LogP) is 4.21. The van der Waals surface area contributed by atoms with Crippen LogP contribution >= 0.6 is 0 Å². The molecule has 0 saturated carbocycles. The summed E-state index contributed by atoms with van der Waals surface area (Å²) in [5.41, 5.74) is 1.10. The molecule has 1 aromatic rings. The van der Waals surface area contributed by atoms with E-state index in [1.54, 1.807) is 7.11 Å². The number of amides is 1. The number of rotatable bonds is 4. The summed E-state index contributed by atoms with van der Waals surface area (Å²) in [4.78, 5) is 15.9. The molecule has 0 N–H and O–H groups in total. The van der Waals surface area contributed by atoms with E-state index in [4.69, 9.17) is 4.74 Å². The van der Waals surface area contributed by atoms with E-state index in [0.29, 0.717) is 13.1 Å². The predicted molar refractivity (Wildman–Crippen MR) is 98.2 cm³/mol. The summed E-state index contributed by atoms with van der Waals surface area (Å²) >= 11 is 0. The van der Waals surface area contributed by atoms with Crippen LogP contribution in [0.1, 0.15) is 38.2 Å². The van der Waals surface area contributed by atoms with Crippen LogP contribution in [0.15, 0.2) is 24.3 Å². The molecule has 1 spiro atoms. The van der Waals surface area contributed by atoms with Crippen molar-refractivity contribution in [1.29, 1.82) is 0 Å². The van der Waals surface area contributed by atoms with Crippen molar-refractivity contribution in [2.75, 3.05) is 26.7 Å². The van der Waals surface area contributed by atoms with Gasteiger partial charge in [0.05, 0.1) is 7.11 Å². The largest absolute Gasteiger partial charge is 0.496 e. The van der Waals surface area contributed by atoms with E-state index < -0.39 is 18.4 Å². The first kappa shape index (κ1) is 20.8. The van der Waals surface area contributed by atoms with E-state index in [-0.39, 0.29) is 5.54 Å². The Labute approximate surface area is 163 Å². The van der Waals surface area contributed by atoms with E-state index in [1.165, 1.54) is 4.90 Å². The number of carbonyl (C=O) groups excluding carboxylic acids is 1. The summed E-state index contributed by atoms with van der Waals surface area (Å²) in [5, 5.41) is 0. The molecule has 2 heterocycles. The number of hydrogen-bond acceptors (Lipinski definition) is 4. The molecule has 1 atom stereocenters. The van der Waals surface area contributed by atoms with Gasteiger partial charge in [-0.15, -0.1) is 0 Å². The first-order valence-electron chi connectivity index (χ1n) is 9.64. The Bertz CT molecular complexity index is 688. The van der Waals surface area contributed by atoms with E-state index in [0.717, 1.165) is 57.0 Å². The van der Waals surface area contributed by atoms with Gasteiger partial charge in [-0.3, -0.25) is 4.90 Å². The molecular formula is C20H27F3N2O3. The van der Waals surface area contributed by atoms with Crippen molar-refractivity contribution in [3.63, 3.8) is 0 Å². The normalized spacial score (nSPS) is 21.0. The molecule has 0 aromatic heterocycles. The second-order valence-electron chi connectivity index (χ2n) is 7.62. The number of likely N-dealkylation sites (tertiary alicyclic amines) is 2. The molecule has 8 heteroatoms. The first-order valence-corrected chi connectivity index (χ1v) is 9.64. The molecule has 1 unspecified atom stereocenters. The second kappa shape index (κ2) is 8.19. The second-order valence-corrected chi connectivity index (χ2v) is 7.62. The standard InChI is InChI=1S/C20H27F3N2O3/c1-15(20(21,22)23)28-18(26)24-12-9-19(10-13-24)8-5-11-25(19)14-16-6-3-4-7-17(16)27-2/h3-4,6-7,15H,5,8-14H2,1-2H3. The van der Waals surface area contributed by atoms with E-state index in [1.807, 2.05) is 18.2 Å². The van der Waals surface area contributed by atoms with E-state index >= 15 is 0 Å². The monoisotopic (exact) mass is 400 g/mol. The van der Waals surface area contributed by atoms with Crippen molar-refractivity contribution in [3.8, 4) is 5.75 Å². The van der Waals surface area contributed by atoms with E-state index in [9.17, 15) is 18.0 Å². The molecule has 1 aromatic carbocycles. The zero-order valence-corrected chi connectivity index (χ0v) is 16.3. The minimum Gasteiger partial charge on any atom is -0.496 e. The maximum atomic E-state index is 12.6. The van der Waals surface area contributed by atoms with Gasteiger partial charge in [0, 0.05) is 30.7 Å². The fourth-order valence-corrected chi connectivity index (χ4v) is 4.24. The summed E-state index contributed by atoms with van der Waals surface area (Å²) in [6.45, 7) is 3.40. The molecular weight excluding hydrogens is 373 g/mol. The molecule has 0 radical (unpaired) electrons. The molecule has 0 bridgehead atoms. The lowest BCUT2D eigenvalue weighted by atomic mass is 9.85. The van der Waals surface area contributed by atoms with Crippen molar-refractivity contribution in [3.05, 3.63) is 29.8 Å². The minimum atomic E-state index is -4.54. The van der Waals surface area contributed by atoms with Crippen molar-refractivity contribution in [2.24, 2.45) is 0 Å². The number of carbonyl (C=O) groups is 1. The third-order valence-corrected chi connectivity index (χ3v) is 5.99. The van der Waals surface area contributed by atoms with Gasteiger partial charge in [-0.05, 0) is 45.2 Å². The van der Waals surface area contributed by atoms with Crippen LogP contribution in [0.5, 0.6) is 5.75 Å². The molecule has 3 rings (SSSR count). The average Bonchev–Trinajstić information content (AvgIpc) is 3.03. The molecule has 2 aliphatic heterocycles. The first-order chi connectivity index (χ1) is 13.2. The fraction of sp³-hybridized carbons (Fsp3) is 0.650. The third-order valence-electron chi connectivity index (χ3n) is 5.99. The molecule has 2 saturated heterocycles. The number of para-hydroxylation sites is 1. The SMILES string of the molecule is COc1ccccc1CN1CCCC12CCN(C(=O)OC(C)C(F)(F)F)CC2. The quantitative estimate of drug-likeness (QED) is 0.759. The van der Waals surface area contributed by atoms with Gasteiger partial charge in [0.25, 0.3) is 0 Å². The topological polar surface area (TPSA) is 42.0 Å². The van der Waals surface area contributed by atoms with Gasteiger partial charge in [0.15, 0.2) is 6.10 Å². The Morgan fingerprint density at radius 3 is 2.50 bits per heavy atom. The summed E-state index contributed by atoms with van der Waals surface area (Å²) in [7, 11) is 1.66. The molecule has 1 amide bonds. The van der Waals surface area contributed by atoms with E-state index in [2.05, 4.69) is 15.7 Å². The average molecular weight is 400 g/mol. The van der Waals surface area contributed by atoms with Crippen molar-refractivity contribution >= 4 is 6.09 Å². The zero-order chi connectivity index (χ0) is 20.4. The van der Waals surface area contributed by atoms with Gasteiger partial charge < -0.3 is 14.4 Å². The van der Waals surface area contributed by atoms with Crippen molar-refractivity contribution < 1.29 is 27.4 Å². The van der Waals surface area contributed by atoms with Gasteiger partial charge in [-0.1, -0.05) is 18.2 Å². The number of hydrogen-bond donors (Lipinski definition) is 0. The summed E-state index contributed by atoms with van der Waals surface area (Å²) < 4.78 is 47.9. The van der Waals surface area contributed by atoms with Crippen LogP contribution < -0.4 is 4.74 Å². The molecule has 0 aliphatic carbocycles. The van der Waals surface area contributed by atoms with Gasteiger partial charge in [-0.2, -0.15) is 13.2 Å².